The number of rotatable bonds is 2. The summed E-state index contributed by atoms with van der Waals surface area (Å²) >= 11 is 0. The summed E-state index contributed by atoms with van der Waals surface area (Å²) in [4.78, 5) is 11.5. The summed E-state index contributed by atoms with van der Waals surface area (Å²) < 4.78 is 17.9. The van der Waals surface area contributed by atoms with E-state index < -0.39 is 5.97 Å². The van der Waals surface area contributed by atoms with Crippen molar-refractivity contribution in [3.05, 3.63) is 47.5 Å². The molecule has 0 spiro atoms. The van der Waals surface area contributed by atoms with Gasteiger partial charge in [0.1, 0.15) is 17.3 Å². The minimum absolute atomic E-state index is 0.253. The van der Waals surface area contributed by atoms with Crippen molar-refractivity contribution < 1.29 is 13.9 Å². The molecule has 1 aromatic carbocycles. The zero-order chi connectivity index (χ0) is 11.5. The maximum atomic E-state index is 12.8. The lowest BCUT2D eigenvalue weighted by Crippen LogP contribution is -2.09. The number of nitrogens with one attached hydrogen (secondary N) is 1. The van der Waals surface area contributed by atoms with E-state index in [1.807, 2.05) is 0 Å². The van der Waals surface area contributed by atoms with Crippen LogP contribution in [0, 0.1) is 12.7 Å². The topological polar surface area (TPSA) is 55.0 Å². The van der Waals surface area contributed by atoms with Gasteiger partial charge in [-0.05, 0) is 36.8 Å². The van der Waals surface area contributed by atoms with E-state index in [1.54, 1.807) is 6.92 Å². The number of aromatic nitrogens is 2. The Hall–Kier alpha value is -2.17. The Bertz CT molecular complexity index is 509. The van der Waals surface area contributed by atoms with E-state index in [0.29, 0.717) is 11.3 Å². The molecule has 0 fully saturated rings. The van der Waals surface area contributed by atoms with Crippen LogP contribution < -0.4 is 4.74 Å². The van der Waals surface area contributed by atoms with Crippen molar-refractivity contribution in [2.24, 2.45) is 0 Å². The highest BCUT2D eigenvalue weighted by Crippen LogP contribution is 2.19. The van der Waals surface area contributed by atoms with Gasteiger partial charge in [0.05, 0.1) is 0 Å². The minimum atomic E-state index is -0.549. The van der Waals surface area contributed by atoms with Gasteiger partial charge < -0.3 is 4.74 Å². The van der Waals surface area contributed by atoms with E-state index >= 15 is 0 Å². The number of aromatic amines is 1. The number of hydrogen-bond donors (Lipinski definition) is 1. The zero-order valence-corrected chi connectivity index (χ0v) is 8.53. The number of esters is 1. The standard InChI is InChI=1S/C11H9FN2O2/c1-7-6-8(12)2-3-10(7)16-11(15)9-4-5-13-14-9/h2-6H,1H3,(H,13,14). The number of halogens is 1. The number of ether oxygens (including phenoxy) is 1. The molecule has 0 saturated carbocycles. The molecule has 0 radical (unpaired) electrons. The van der Waals surface area contributed by atoms with Crippen molar-refractivity contribution >= 4 is 5.97 Å². The number of H-pyrrole nitrogens is 1. The van der Waals surface area contributed by atoms with E-state index in [9.17, 15) is 9.18 Å². The predicted octanol–water partition coefficient (Wildman–Crippen LogP) is 2.08. The van der Waals surface area contributed by atoms with Crippen LogP contribution in [0.2, 0.25) is 0 Å². The maximum Gasteiger partial charge on any atom is 0.361 e. The first-order chi connectivity index (χ1) is 7.66. The molecule has 2 aromatic rings. The molecule has 0 aliphatic rings. The van der Waals surface area contributed by atoms with Gasteiger partial charge in [0.15, 0.2) is 0 Å². The van der Waals surface area contributed by atoms with E-state index in [2.05, 4.69) is 10.2 Å². The maximum absolute atomic E-state index is 12.8. The van der Waals surface area contributed by atoms with E-state index in [-0.39, 0.29) is 11.5 Å². The fraction of sp³-hybridized carbons (Fsp3) is 0.0909. The SMILES string of the molecule is Cc1cc(F)ccc1OC(=O)c1ccn[nH]1. The second-order valence-electron chi connectivity index (χ2n) is 3.27. The fourth-order valence-corrected chi connectivity index (χ4v) is 1.25. The lowest BCUT2D eigenvalue weighted by Gasteiger charge is -2.05. The first kappa shape index (κ1) is 10.4. The smallest absolute Gasteiger partial charge is 0.361 e. The molecule has 0 bridgehead atoms. The van der Waals surface area contributed by atoms with E-state index in [1.165, 1.54) is 30.5 Å². The van der Waals surface area contributed by atoms with Gasteiger partial charge in [0, 0.05) is 6.20 Å². The monoisotopic (exact) mass is 220 g/mol. The Morgan fingerprint density at radius 3 is 2.88 bits per heavy atom. The molecule has 82 valence electrons. The van der Waals surface area contributed by atoms with Crippen LogP contribution in [0.1, 0.15) is 16.1 Å². The third kappa shape index (κ3) is 2.08. The lowest BCUT2D eigenvalue weighted by atomic mass is 10.2. The third-order valence-corrected chi connectivity index (χ3v) is 2.06. The Kier molecular flexibility index (Phi) is 2.68. The summed E-state index contributed by atoms with van der Waals surface area (Å²) in [6.07, 6.45) is 1.45. The number of hydrogen-bond acceptors (Lipinski definition) is 3. The number of carbonyl (C=O) groups excluding carboxylic acids is 1. The van der Waals surface area contributed by atoms with Crippen molar-refractivity contribution in [3.63, 3.8) is 0 Å². The van der Waals surface area contributed by atoms with Crippen molar-refractivity contribution in [1.29, 1.82) is 0 Å². The van der Waals surface area contributed by atoms with Crippen LogP contribution in [0.3, 0.4) is 0 Å². The Labute approximate surface area is 91.1 Å². The molecular formula is C11H9FN2O2. The van der Waals surface area contributed by atoms with Crippen LogP contribution in [0.5, 0.6) is 5.75 Å². The minimum Gasteiger partial charge on any atom is -0.422 e. The summed E-state index contributed by atoms with van der Waals surface area (Å²) in [5, 5.41) is 6.12. The van der Waals surface area contributed by atoms with Gasteiger partial charge >= 0.3 is 5.97 Å². The molecule has 0 saturated heterocycles. The first-order valence-corrected chi connectivity index (χ1v) is 4.64. The van der Waals surface area contributed by atoms with Crippen LogP contribution in [0.4, 0.5) is 4.39 Å². The van der Waals surface area contributed by atoms with E-state index in [4.69, 9.17) is 4.74 Å². The highest BCUT2D eigenvalue weighted by atomic mass is 19.1. The van der Waals surface area contributed by atoms with Crippen LogP contribution in [0.25, 0.3) is 0 Å². The lowest BCUT2D eigenvalue weighted by molar-refractivity contribution is 0.0727. The molecule has 0 aliphatic heterocycles. The summed E-state index contributed by atoms with van der Waals surface area (Å²) in [6.45, 7) is 1.67. The summed E-state index contributed by atoms with van der Waals surface area (Å²) in [5.74, 6) is -0.577. The molecule has 2 rings (SSSR count). The molecule has 16 heavy (non-hydrogen) atoms. The van der Waals surface area contributed by atoms with Crippen molar-refractivity contribution in [1.82, 2.24) is 10.2 Å². The molecule has 1 aromatic heterocycles. The average Bonchev–Trinajstić information content (AvgIpc) is 2.75. The number of aryl methyl sites for hydroxylation is 1. The van der Waals surface area contributed by atoms with Gasteiger partial charge in [-0.15, -0.1) is 0 Å². The number of nitrogens with zero attached hydrogens (tertiary/aromatic N) is 1. The van der Waals surface area contributed by atoms with Crippen molar-refractivity contribution in [2.45, 2.75) is 6.92 Å². The van der Waals surface area contributed by atoms with Gasteiger partial charge in [0.25, 0.3) is 0 Å². The van der Waals surface area contributed by atoms with Gasteiger partial charge in [0.2, 0.25) is 0 Å². The zero-order valence-electron chi connectivity index (χ0n) is 8.53. The molecule has 1 N–H and O–H groups in total. The van der Waals surface area contributed by atoms with Crippen LogP contribution >= 0.6 is 0 Å². The largest absolute Gasteiger partial charge is 0.422 e. The predicted molar refractivity (Wildman–Crippen MR) is 54.7 cm³/mol. The molecule has 0 unspecified atom stereocenters. The van der Waals surface area contributed by atoms with Gasteiger partial charge in [-0.3, -0.25) is 5.10 Å². The van der Waals surface area contributed by atoms with Gasteiger partial charge in [-0.2, -0.15) is 5.10 Å². The fourth-order valence-electron chi connectivity index (χ4n) is 1.25. The highest BCUT2D eigenvalue weighted by molar-refractivity contribution is 5.88. The molecule has 0 amide bonds. The normalized spacial score (nSPS) is 10.1. The van der Waals surface area contributed by atoms with Crippen LogP contribution in [-0.2, 0) is 0 Å². The number of benzene rings is 1. The Balaban J connectivity index is 2.18. The summed E-state index contributed by atoms with van der Waals surface area (Å²) in [6, 6.07) is 5.46. The van der Waals surface area contributed by atoms with Gasteiger partial charge in [-0.1, -0.05) is 0 Å². The summed E-state index contributed by atoms with van der Waals surface area (Å²) in [5.41, 5.74) is 0.816. The molecule has 0 atom stereocenters. The molecule has 5 heteroatoms. The third-order valence-electron chi connectivity index (χ3n) is 2.06. The second kappa shape index (κ2) is 4.14. The van der Waals surface area contributed by atoms with Crippen LogP contribution in [-0.4, -0.2) is 16.2 Å². The average molecular weight is 220 g/mol. The van der Waals surface area contributed by atoms with E-state index in [0.717, 1.165) is 0 Å². The van der Waals surface area contributed by atoms with Crippen molar-refractivity contribution in [3.8, 4) is 5.75 Å². The highest BCUT2D eigenvalue weighted by Gasteiger charge is 2.11. The van der Waals surface area contributed by atoms with Gasteiger partial charge in [-0.25, -0.2) is 9.18 Å². The van der Waals surface area contributed by atoms with Crippen molar-refractivity contribution in [2.75, 3.05) is 0 Å². The molecule has 0 aliphatic carbocycles. The van der Waals surface area contributed by atoms with Crippen LogP contribution in [0.15, 0.2) is 30.5 Å². The quantitative estimate of drug-likeness (QED) is 0.622. The first-order valence-electron chi connectivity index (χ1n) is 4.64. The molecule has 1 heterocycles. The Morgan fingerprint density at radius 2 is 2.25 bits per heavy atom. The number of carbonyl (C=O) groups is 1. The molecule has 4 nitrogen and oxygen atoms in total. The molecular weight excluding hydrogens is 211 g/mol. The Morgan fingerprint density at radius 1 is 1.44 bits per heavy atom. The summed E-state index contributed by atoms with van der Waals surface area (Å²) in [7, 11) is 0. The second-order valence-corrected chi connectivity index (χ2v) is 3.27.